The van der Waals surface area contributed by atoms with E-state index in [2.05, 4.69) is 32.8 Å². The molecule has 0 amide bonds. The minimum atomic E-state index is 0.0988. The Bertz CT molecular complexity index is 823. The number of pyridine rings is 1. The van der Waals surface area contributed by atoms with Gasteiger partial charge >= 0.3 is 0 Å². The van der Waals surface area contributed by atoms with Crippen molar-refractivity contribution in [3.05, 3.63) is 17.6 Å². The minimum Gasteiger partial charge on any atom is -0.378 e. The predicted molar refractivity (Wildman–Crippen MR) is 95.6 cm³/mol. The first-order chi connectivity index (χ1) is 12.2. The second-order valence-corrected chi connectivity index (χ2v) is 6.86. The molecule has 1 saturated heterocycles. The summed E-state index contributed by atoms with van der Waals surface area (Å²) in [4.78, 5) is 11.6. The van der Waals surface area contributed by atoms with Gasteiger partial charge in [0.1, 0.15) is 17.2 Å². The Morgan fingerprint density at radius 1 is 1.48 bits per heavy atom. The molecule has 2 atom stereocenters. The third-order valence-corrected chi connectivity index (χ3v) is 5.45. The normalized spacial score (nSPS) is 23.4. The summed E-state index contributed by atoms with van der Waals surface area (Å²) in [6.45, 7) is 5.66. The van der Waals surface area contributed by atoms with Crippen LogP contribution < -0.4 is 5.32 Å². The molecule has 7 heteroatoms. The zero-order valence-corrected chi connectivity index (χ0v) is 14.8. The zero-order chi connectivity index (χ0) is 17.4. The second-order valence-electron chi connectivity index (χ2n) is 6.86. The molecule has 0 aromatic carbocycles. The number of fused-ring (bicyclic) bond motifs is 3. The van der Waals surface area contributed by atoms with Gasteiger partial charge in [0.15, 0.2) is 0 Å². The van der Waals surface area contributed by atoms with Gasteiger partial charge in [0.25, 0.3) is 0 Å². The molecule has 0 bridgehead atoms. The van der Waals surface area contributed by atoms with Crippen LogP contribution in [0.3, 0.4) is 0 Å². The summed E-state index contributed by atoms with van der Waals surface area (Å²) >= 11 is 0. The molecule has 4 heterocycles. The predicted octanol–water partition coefficient (Wildman–Crippen LogP) is 1.88. The largest absolute Gasteiger partial charge is 0.378 e. The van der Waals surface area contributed by atoms with Crippen molar-refractivity contribution in [1.29, 1.82) is 5.26 Å². The minimum absolute atomic E-state index is 0.0988. The van der Waals surface area contributed by atoms with E-state index in [-0.39, 0.29) is 12.1 Å². The highest BCUT2D eigenvalue weighted by Gasteiger charge is 2.33. The summed E-state index contributed by atoms with van der Waals surface area (Å²) in [6, 6.07) is 2.50. The highest BCUT2D eigenvalue weighted by molar-refractivity contribution is 5.84. The third kappa shape index (κ3) is 2.75. The van der Waals surface area contributed by atoms with E-state index in [1.54, 1.807) is 7.11 Å². The third-order valence-electron chi connectivity index (χ3n) is 5.45. The molecular formula is C18H24N6O. The summed E-state index contributed by atoms with van der Waals surface area (Å²) < 4.78 is 8.23. The highest BCUT2D eigenvalue weighted by atomic mass is 16.5. The van der Waals surface area contributed by atoms with E-state index < -0.39 is 0 Å². The Hall–Kier alpha value is -2.17. The van der Waals surface area contributed by atoms with E-state index in [0.717, 1.165) is 56.2 Å². The van der Waals surface area contributed by atoms with E-state index in [0.29, 0.717) is 6.42 Å². The standard InChI is InChI=1S/C18H24N6O/c1-12-22-14-10-21-18-13(4-7-20-18)17(14)24(12)15-5-9-23(8-3-6-19)11-16(15)25-2/h10,15-16H,3-5,7-9,11H2,1-2H3,(H,20,21). The maximum atomic E-state index is 8.83. The van der Waals surface area contributed by atoms with Crippen LogP contribution in [0.1, 0.15) is 30.3 Å². The molecular weight excluding hydrogens is 316 g/mol. The number of likely N-dealkylation sites (tertiary alicyclic amines) is 1. The first-order valence-corrected chi connectivity index (χ1v) is 8.95. The molecule has 2 aromatic rings. The van der Waals surface area contributed by atoms with Gasteiger partial charge in [-0.25, -0.2) is 9.97 Å². The fraction of sp³-hybridized carbons (Fsp3) is 0.611. The van der Waals surface area contributed by atoms with Crippen molar-refractivity contribution in [1.82, 2.24) is 19.4 Å². The summed E-state index contributed by atoms with van der Waals surface area (Å²) in [7, 11) is 1.79. The van der Waals surface area contributed by atoms with E-state index in [4.69, 9.17) is 15.0 Å². The van der Waals surface area contributed by atoms with Crippen molar-refractivity contribution >= 4 is 16.9 Å². The van der Waals surface area contributed by atoms with Crippen molar-refractivity contribution in [2.24, 2.45) is 0 Å². The highest BCUT2D eigenvalue weighted by Crippen LogP contribution is 2.35. The number of methoxy groups -OCH3 is 1. The van der Waals surface area contributed by atoms with Crippen LogP contribution in [0.5, 0.6) is 0 Å². The van der Waals surface area contributed by atoms with Crippen LogP contribution >= 0.6 is 0 Å². The number of nitrogens with zero attached hydrogens (tertiary/aromatic N) is 5. The monoisotopic (exact) mass is 340 g/mol. The van der Waals surface area contributed by atoms with E-state index in [9.17, 15) is 0 Å². The molecule has 2 aromatic heterocycles. The zero-order valence-electron chi connectivity index (χ0n) is 14.8. The number of aryl methyl sites for hydroxylation is 1. The lowest BCUT2D eigenvalue weighted by atomic mass is 10.00. The Kier molecular flexibility index (Phi) is 4.32. The number of piperidine rings is 1. The number of hydrogen-bond acceptors (Lipinski definition) is 6. The number of nitrogens with one attached hydrogen (secondary N) is 1. The fourth-order valence-electron chi connectivity index (χ4n) is 4.28. The summed E-state index contributed by atoms with van der Waals surface area (Å²) in [5, 5.41) is 12.2. The topological polar surface area (TPSA) is 79.0 Å². The molecule has 0 aliphatic carbocycles. The first-order valence-electron chi connectivity index (χ1n) is 8.95. The van der Waals surface area contributed by atoms with Crippen LogP contribution in [0.15, 0.2) is 6.20 Å². The van der Waals surface area contributed by atoms with Gasteiger partial charge in [-0.15, -0.1) is 0 Å². The maximum Gasteiger partial charge on any atom is 0.131 e. The second kappa shape index (κ2) is 6.62. The van der Waals surface area contributed by atoms with Crippen molar-refractivity contribution in [2.45, 2.75) is 38.3 Å². The molecule has 0 saturated carbocycles. The molecule has 1 N–H and O–H groups in total. The Morgan fingerprint density at radius 3 is 3.16 bits per heavy atom. The molecule has 2 aliphatic heterocycles. The van der Waals surface area contributed by atoms with Crippen LogP contribution in [0.4, 0.5) is 5.82 Å². The molecule has 0 spiro atoms. The molecule has 0 radical (unpaired) electrons. The molecule has 25 heavy (non-hydrogen) atoms. The lowest BCUT2D eigenvalue weighted by Gasteiger charge is -2.38. The lowest BCUT2D eigenvalue weighted by molar-refractivity contribution is -0.00471. The van der Waals surface area contributed by atoms with Crippen LogP contribution in [0.25, 0.3) is 11.0 Å². The van der Waals surface area contributed by atoms with Crippen molar-refractivity contribution in [3.8, 4) is 6.07 Å². The van der Waals surface area contributed by atoms with Crippen LogP contribution in [-0.4, -0.2) is 58.8 Å². The van der Waals surface area contributed by atoms with Crippen LogP contribution in [-0.2, 0) is 11.2 Å². The Labute approximate surface area is 147 Å². The van der Waals surface area contributed by atoms with Gasteiger partial charge < -0.3 is 14.6 Å². The summed E-state index contributed by atoms with van der Waals surface area (Å²) in [6.07, 6.45) is 4.53. The van der Waals surface area contributed by atoms with E-state index in [1.165, 1.54) is 11.1 Å². The van der Waals surface area contributed by atoms with Crippen molar-refractivity contribution < 1.29 is 4.74 Å². The smallest absolute Gasteiger partial charge is 0.131 e. The number of hydrogen-bond donors (Lipinski definition) is 1. The molecule has 1 fully saturated rings. The average molecular weight is 340 g/mol. The van der Waals surface area contributed by atoms with E-state index >= 15 is 0 Å². The van der Waals surface area contributed by atoms with Gasteiger partial charge in [-0.2, -0.15) is 5.26 Å². The summed E-state index contributed by atoms with van der Waals surface area (Å²) in [5.41, 5.74) is 3.46. The van der Waals surface area contributed by atoms with Gasteiger partial charge in [0, 0.05) is 45.3 Å². The molecule has 4 rings (SSSR count). The molecule has 2 unspecified atom stereocenters. The van der Waals surface area contributed by atoms with E-state index in [1.807, 2.05) is 6.20 Å². The summed E-state index contributed by atoms with van der Waals surface area (Å²) in [5.74, 6) is 2.02. The number of ether oxygens (including phenoxy) is 1. The van der Waals surface area contributed by atoms with Crippen LogP contribution in [0.2, 0.25) is 0 Å². The number of rotatable bonds is 4. The molecule has 2 aliphatic rings. The number of aromatic nitrogens is 3. The number of anilines is 1. The SMILES string of the molecule is COC1CN(CCC#N)CCC1n1c(C)nc2cnc3c(c21)CCN3. The van der Waals surface area contributed by atoms with Gasteiger partial charge in [0.05, 0.1) is 29.9 Å². The fourth-order valence-corrected chi connectivity index (χ4v) is 4.28. The molecule has 7 nitrogen and oxygen atoms in total. The Morgan fingerprint density at radius 2 is 2.36 bits per heavy atom. The number of nitriles is 1. The van der Waals surface area contributed by atoms with Crippen molar-refractivity contribution in [2.75, 3.05) is 38.6 Å². The van der Waals surface area contributed by atoms with Crippen LogP contribution in [0, 0.1) is 18.3 Å². The van der Waals surface area contributed by atoms with Gasteiger partial charge in [-0.05, 0) is 19.8 Å². The van der Waals surface area contributed by atoms with Gasteiger partial charge in [0.2, 0.25) is 0 Å². The quantitative estimate of drug-likeness (QED) is 0.915. The number of imidazole rings is 1. The average Bonchev–Trinajstić information content (AvgIpc) is 3.22. The molecule has 132 valence electrons. The van der Waals surface area contributed by atoms with Gasteiger partial charge in [-0.3, -0.25) is 4.90 Å². The first kappa shape index (κ1) is 16.3. The lowest BCUT2D eigenvalue weighted by Crippen LogP contribution is -2.46. The van der Waals surface area contributed by atoms with Gasteiger partial charge in [-0.1, -0.05) is 0 Å². The maximum absolute atomic E-state index is 8.83. The van der Waals surface area contributed by atoms with Crippen molar-refractivity contribution in [3.63, 3.8) is 0 Å². The Balaban J connectivity index is 1.71.